The largest absolute Gasteiger partial charge is 0.416 e. The van der Waals surface area contributed by atoms with E-state index in [1.165, 1.54) is 35.2 Å². The molecule has 0 spiro atoms. The highest BCUT2D eigenvalue weighted by molar-refractivity contribution is 7.92. The van der Waals surface area contributed by atoms with E-state index in [1.54, 1.807) is 48.5 Å². The first-order valence-corrected chi connectivity index (χ1v) is 18.3. The number of sulfonamides is 1. The SMILES string of the molecule is O=C(NC1CCCC1)C(Cc1ccccc1)N(Cc1ccc(Cl)cc1Cl)C(=O)CN(c1cc(C(F)(F)F)ccc1Cl)S(=O)(=O)c1ccccc1. The molecule has 1 atom stereocenters. The van der Waals surface area contributed by atoms with E-state index < -0.39 is 51.9 Å². The van der Waals surface area contributed by atoms with Gasteiger partial charge in [-0.2, -0.15) is 13.2 Å². The van der Waals surface area contributed by atoms with Crippen LogP contribution in [0.15, 0.2) is 102 Å². The Balaban J connectivity index is 1.63. The molecule has 264 valence electrons. The fourth-order valence-corrected chi connectivity index (χ4v) is 8.05. The summed E-state index contributed by atoms with van der Waals surface area (Å²) in [4.78, 5) is 29.7. The van der Waals surface area contributed by atoms with Crippen LogP contribution in [0.5, 0.6) is 0 Å². The third-order valence-corrected chi connectivity index (χ3v) is 11.2. The lowest BCUT2D eigenvalue weighted by molar-refractivity contribution is -0.140. The summed E-state index contributed by atoms with van der Waals surface area (Å²) in [5.74, 6) is -1.35. The fourth-order valence-electron chi connectivity index (χ4n) is 5.87. The molecule has 0 aromatic heterocycles. The van der Waals surface area contributed by atoms with E-state index in [2.05, 4.69) is 5.32 Å². The van der Waals surface area contributed by atoms with Gasteiger partial charge in [0.25, 0.3) is 10.0 Å². The Morgan fingerprint density at radius 2 is 1.48 bits per heavy atom. The van der Waals surface area contributed by atoms with E-state index in [9.17, 15) is 31.2 Å². The van der Waals surface area contributed by atoms with Crippen LogP contribution in [0.3, 0.4) is 0 Å². The van der Waals surface area contributed by atoms with Crippen molar-refractivity contribution < 1.29 is 31.2 Å². The number of carbonyl (C=O) groups is 2. The molecule has 4 aromatic carbocycles. The summed E-state index contributed by atoms with van der Waals surface area (Å²) in [6.45, 7) is -1.24. The van der Waals surface area contributed by atoms with Crippen LogP contribution in [0.2, 0.25) is 15.1 Å². The van der Waals surface area contributed by atoms with E-state index in [0.717, 1.165) is 37.8 Å². The number of hydrogen-bond acceptors (Lipinski definition) is 4. The van der Waals surface area contributed by atoms with Crippen LogP contribution in [0.1, 0.15) is 42.4 Å². The molecule has 0 bridgehead atoms. The molecular formula is C36H33Cl3F3N3O4S. The molecule has 1 fully saturated rings. The lowest BCUT2D eigenvalue weighted by Crippen LogP contribution is -2.54. The van der Waals surface area contributed by atoms with Crippen molar-refractivity contribution in [2.45, 2.75) is 61.8 Å². The van der Waals surface area contributed by atoms with Gasteiger partial charge in [0.1, 0.15) is 12.6 Å². The summed E-state index contributed by atoms with van der Waals surface area (Å²) in [5.41, 5.74) is -0.599. The Labute approximate surface area is 304 Å². The van der Waals surface area contributed by atoms with Gasteiger partial charge in [-0.05, 0) is 66.4 Å². The number of anilines is 1. The van der Waals surface area contributed by atoms with E-state index in [4.69, 9.17) is 34.8 Å². The predicted molar refractivity (Wildman–Crippen MR) is 189 cm³/mol. The maximum absolute atomic E-state index is 14.7. The lowest BCUT2D eigenvalue weighted by atomic mass is 10.0. The van der Waals surface area contributed by atoms with Crippen molar-refractivity contribution in [2.75, 3.05) is 10.8 Å². The molecule has 0 aliphatic heterocycles. The highest BCUT2D eigenvalue weighted by Crippen LogP contribution is 2.38. The van der Waals surface area contributed by atoms with Crippen LogP contribution in [-0.4, -0.2) is 43.8 Å². The Kier molecular flexibility index (Phi) is 12.0. The van der Waals surface area contributed by atoms with Crippen molar-refractivity contribution in [3.05, 3.63) is 129 Å². The second-order valence-corrected chi connectivity index (χ2v) is 15.1. The van der Waals surface area contributed by atoms with Gasteiger partial charge in [0.05, 0.1) is 21.2 Å². The summed E-state index contributed by atoms with van der Waals surface area (Å²) < 4.78 is 70.6. The minimum atomic E-state index is -4.85. The average Bonchev–Trinajstić information content (AvgIpc) is 3.59. The zero-order chi connectivity index (χ0) is 36.1. The smallest absolute Gasteiger partial charge is 0.352 e. The quantitative estimate of drug-likeness (QED) is 0.157. The molecule has 50 heavy (non-hydrogen) atoms. The van der Waals surface area contributed by atoms with E-state index in [0.29, 0.717) is 26.5 Å². The molecule has 1 unspecified atom stereocenters. The first kappa shape index (κ1) is 37.5. The van der Waals surface area contributed by atoms with Crippen LogP contribution < -0.4 is 9.62 Å². The van der Waals surface area contributed by atoms with Gasteiger partial charge in [-0.25, -0.2) is 8.42 Å². The molecule has 0 radical (unpaired) electrons. The molecule has 2 amide bonds. The number of alkyl halides is 3. The Hall–Kier alpha value is -3.77. The van der Waals surface area contributed by atoms with Gasteiger partial charge in [0.15, 0.2) is 0 Å². The van der Waals surface area contributed by atoms with Crippen LogP contribution in [-0.2, 0) is 38.8 Å². The number of nitrogens with one attached hydrogen (secondary N) is 1. The minimum Gasteiger partial charge on any atom is -0.352 e. The molecule has 7 nitrogen and oxygen atoms in total. The number of nitrogens with zero attached hydrogens (tertiary/aromatic N) is 2. The van der Waals surface area contributed by atoms with Gasteiger partial charge in [0, 0.05) is 29.1 Å². The number of amides is 2. The number of hydrogen-bond donors (Lipinski definition) is 1. The van der Waals surface area contributed by atoms with Gasteiger partial charge in [-0.1, -0.05) is 102 Å². The summed E-state index contributed by atoms with van der Waals surface area (Å²) in [7, 11) is -4.69. The molecule has 0 heterocycles. The van der Waals surface area contributed by atoms with Crippen LogP contribution in [0.25, 0.3) is 0 Å². The summed E-state index contributed by atoms with van der Waals surface area (Å²) in [6, 6.07) is 21.5. The average molecular weight is 767 g/mol. The predicted octanol–water partition coefficient (Wildman–Crippen LogP) is 8.56. The van der Waals surface area contributed by atoms with E-state index in [-0.39, 0.29) is 33.9 Å². The molecule has 1 N–H and O–H groups in total. The second kappa shape index (κ2) is 16.1. The van der Waals surface area contributed by atoms with E-state index >= 15 is 0 Å². The normalized spacial score (nSPS) is 14.3. The number of rotatable bonds is 12. The van der Waals surface area contributed by atoms with Crippen molar-refractivity contribution in [2.24, 2.45) is 0 Å². The van der Waals surface area contributed by atoms with Crippen molar-refractivity contribution in [1.29, 1.82) is 0 Å². The molecule has 14 heteroatoms. The molecule has 0 saturated heterocycles. The monoisotopic (exact) mass is 765 g/mol. The molecule has 1 saturated carbocycles. The van der Waals surface area contributed by atoms with Crippen LogP contribution in [0.4, 0.5) is 18.9 Å². The lowest BCUT2D eigenvalue weighted by Gasteiger charge is -2.34. The summed E-state index contributed by atoms with van der Waals surface area (Å²) >= 11 is 19.1. The Morgan fingerprint density at radius 3 is 2.10 bits per heavy atom. The Morgan fingerprint density at radius 1 is 0.840 bits per heavy atom. The number of halogens is 6. The van der Waals surface area contributed by atoms with Crippen molar-refractivity contribution in [1.82, 2.24) is 10.2 Å². The molecule has 5 rings (SSSR count). The Bertz CT molecular complexity index is 1930. The molecular weight excluding hydrogens is 734 g/mol. The number of benzene rings is 4. The first-order valence-electron chi connectivity index (χ1n) is 15.8. The number of carbonyl (C=O) groups excluding carboxylic acids is 2. The summed E-state index contributed by atoms with van der Waals surface area (Å²) in [5, 5.41) is 3.24. The zero-order valence-electron chi connectivity index (χ0n) is 26.5. The standard InChI is InChI=1S/C36H33Cl3F3N3O4S/c37-27-17-15-25(31(39)21-27)22-44(33(19-24-9-3-1-4-10-24)35(47)43-28-11-7-8-12-28)34(46)23-45(50(48,49)29-13-5-2-6-14-29)32-20-26(36(40,41)42)16-18-30(32)38/h1-6,9-10,13-18,20-21,28,33H,7-8,11-12,19,22-23H2,(H,43,47). The highest BCUT2D eigenvalue weighted by Gasteiger charge is 2.38. The third-order valence-electron chi connectivity index (χ3n) is 8.48. The van der Waals surface area contributed by atoms with Gasteiger partial charge >= 0.3 is 6.18 Å². The highest BCUT2D eigenvalue weighted by atomic mass is 35.5. The van der Waals surface area contributed by atoms with Crippen molar-refractivity contribution in [3.8, 4) is 0 Å². The van der Waals surface area contributed by atoms with Gasteiger partial charge < -0.3 is 10.2 Å². The topological polar surface area (TPSA) is 86.8 Å². The zero-order valence-corrected chi connectivity index (χ0v) is 29.6. The fraction of sp³-hybridized carbons (Fsp3) is 0.278. The summed E-state index contributed by atoms with van der Waals surface area (Å²) in [6.07, 6.45) is -1.41. The molecule has 1 aliphatic carbocycles. The van der Waals surface area contributed by atoms with Crippen LogP contribution >= 0.6 is 34.8 Å². The maximum Gasteiger partial charge on any atom is 0.416 e. The van der Waals surface area contributed by atoms with Gasteiger partial charge in [0.2, 0.25) is 11.8 Å². The van der Waals surface area contributed by atoms with Crippen molar-refractivity contribution in [3.63, 3.8) is 0 Å². The maximum atomic E-state index is 14.7. The molecule has 4 aromatic rings. The molecule has 1 aliphatic rings. The minimum absolute atomic E-state index is 0.0477. The second-order valence-electron chi connectivity index (χ2n) is 11.9. The van der Waals surface area contributed by atoms with Crippen molar-refractivity contribution >= 4 is 62.3 Å². The first-order chi connectivity index (χ1) is 23.7. The third kappa shape index (κ3) is 9.11. The van der Waals surface area contributed by atoms with E-state index in [1.807, 2.05) is 0 Å². The van der Waals surface area contributed by atoms with Gasteiger partial charge in [-0.3, -0.25) is 13.9 Å². The van der Waals surface area contributed by atoms with Gasteiger partial charge in [-0.15, -0.1) is 0 Å². The van der Waals surface area contributed by atoms with Crippen LogP contribution in [0, 0.1) is 0 Å².